The molecule has 3 atom stereocenters. The van der Waals surface area contributed by atoms with Crippen LogP contribution in [-0.2, 0) is 31.4 Å². The zero-order valence-electron chi connectivity index (χ0n) is 21.3. The lowest BCUT2D eigenvalue weighted by Crippen LogP contribution is -2.84. The minimum atomic E-state index is -3.71. The summed E-state index contributed by atoms with van der Waals surface area (Å²) in [6.45, 7) is 8.59. The molecule has 6 heterocycles. The van der Waals surface area contributed by atoms with Crippen LogP contribution in [0.25, 0.3) is 17.0 Å². The highest BCUT2D eigenvalue weighted by Gasteiger charge is 2.73. The Kier molecular flexibility index (Phi) is 3.84. The van der Waals surface area contributed by atoms with Crippen molar-refractivity contribution < 1.29 is 22.7 Å². The summed E-state index contributed by atoms with van der Waals surface area (Å²) in [4.78, 5) is 29.3. The van der Waals surface area contributed by atoms with E-state index in [9.17, 15) is 18.0 Å². The normalized spacial score (nSPS) is 33.0. The number of piperidine rings is 2. The Bertz CT molecular complexity index is 1570. The van der Waals surface area contributed by atoms with E-state index >= 15 is 0 Å². The molecule has 0 saturated carbocycles. The van der Waals surface area contributed by atoms with E-state index in [4.69, 9.17) is 4.74 Å². The summed E-state index contributed by atoms with van der Waals surface area (Å²) in [5.41, 5.74) is -0.230. The molecule has 2 bridgehead atoms. The lowest BCUT2D eigenvalue weighted by atomic mass is 9.51. The Labute approximate surface area is 210 Å². The van der Waals surface area contributed by atoms with Crippen molar-refractivity contribution in [3.05, 3.63) is 35.0 Å². The van der Waals surface area contributed by atoms with Gasteiger partial charge in [0.15, 0.2) is 0 Å². The fourth-order valence-corrected chi connectivity index (χ4v) is 9.27. The van der Waals surface area contributed by atoms with E-state index in [1.807, 2.05) is 56.9 Å². The van der Waals surface area contributed by atoms with E-state index in [0.29, 0.717) is 30.7 Å². The standard InChI is InChI=1S/C27H31N3O5S/c1-24(2)11-9-16-18(35-24)8-7-15-17-13-27-19(25(3,4)21(17)30(20(15)16)36(5,33)34)14-26(22(31)28-27)10-6-12-29(26)23(27)32/h7-9,11,19H,6,10,12-14H2,1-5H3,(H,28,31)/t19-,26-,27-/m0/s1. The Morgan fingerprint density at radius 2 is 1.89 bits per heavy atom. The Hall–Kier alpha value is -2.81. The molecule has 1 aromatic heterocycles. The third kappa shape index (κ3) is 2.38. The van der Waals surface area contributed by atoms with Gasteiger partial charge in [-0.3, -0.25) is 9.59 Å². The van der Waals surface area contributed by atoms with Crippen molar-refractivity contribution in [3.63, 3.8) is 0 Å². The number of piperazine rings is 1. The molecule has 4 saturated heterocycles. The smallest absolute Gasteiger partial charge is 0.249 e. The second-order valence-electron chi connectivity index (χ2n) is 12.4. The van der Waals surface area contributed by atoms with Crippen molar-refractivity contribution in [3.8, 4) is 5.75 Å². The molecule has 190 valence electrons. The number of nitrogens with one attached hydrogen (secondary N) is 1. The topological polar surface area (TPSA) is 97.7 Å². The molecule has 36 heavy (non-hydrogen) atoms. The Morgan fingerprint density at radius 3 is 2.61 bits per heavy atom. The lowest BCUT2D eigenvalue weighted by molar-refractivity contribution is -0.179. The molecule has 8 nitrogen and oxygen atoms in total. The van der Waals surface area contributed by atoms with Crippen molar-refractivity contribution >= 4 is 38.8 Å². The van der Waals surface area contributed by atoms with Crippen LogP contribution in [0.5, 0.6) is 5.75 Å². The second-order valence-corrected chi connectivity index (χ2v) is 14.3. The number of benzene rings is 1. The summed E-state index contributed by atoms with van der Waals surface area (Å²) < 4.78 is 34.6. The molecular weight excluding hydrogens is 478 g/mol. The number of hydrogen-bond donors (Lipinski definition) is 1. The van der Waals surface area contributed by atoms with Crippen LogP contribution in [0.15, 0.2) is 18.2 Å². The van der Waals surface area contributed by atoms with Gasteiger partial charge in [0.2, 0.25) is 21.8 Å². The van der Waals surface area contributed by atoms with Gasteiger partial charge in [0.05, 0.1) is 11.8 Å². The van der Waals surface area contributed by atoms with Crippen LogP contribution in [0.4, 0.5) is 0 Å². The summed E-state index contributed by atoms with van der Waals surface area (Å²) in [6.07, 6.45) is 7.42. The summed E-state index contributed by atoms with van der Waals surface area (Å²) in [5.74, 6) is 0.340. The zero-order chi connectivity index (χ0) is 25.6. The van der Waals surface area contributed by atoms with Gasteiger partial charge in [0.1, 0.15) is 22.4 Å². The third-order valence-electron chi connectivity index (χ3n) is 9.50. The maximum absolute atomic E-state index is 14.1. The second kappa shape index (κ2) is 6.18. The van der Waals surface area contributed by atoms with Gasteiger partial charge in [-0.05, 0) is 63.0 Å². The molecule has 6 aliphatic rings. The van der Waals surface area contributed by atoms with Crippen molar-refractivity contribution in [1.29, 1.82) is 0 Å². The summed E-state index contributed by atoms with van der Waals surface area (Å²) in [7, 11) is -3.71. The van der Waals surface area contributed by atoms with E-state index in [-0.39, 0.29) is 24.2 Å². The van der Waals surface area contributed by atoms with Crippen LogP contribution in [0.1, 0.15) is 63.8 Å². The van der Waals surface area contributed by atoms with Crippen molar-refractivity contribution in [2.45, 2.75) is 75.5 Å². The molecule has 9 heteroatoms. The van der Waals surface area contributed by atoms with Gasteiger partial charge in [-0.25, -0.2) is 12.4 Å². The Morgan fingerprint density at radius 1 is 1.14 bits per heavy atom. The van der Waals surface area contributed by atoms with Crippen molar-refractivity contribution in [2.24, 2.45) is 5.92 Å². The minimum absolute atomic E-state index is 0.0160. The summed E-state index contributed by atoms with van der Waals surface area (Å²) in [5, 5.41) is 3.98. The van der Waals surface area contributed by atoms with Crippen LogP contribution in [0.3, 0.4) is 0 Å². The van der Waals surface area contributed by atoms with E-state index in [1.165, 1.54) is 10.2 Å². The summed E-state index contributed by atoms with van der Waals surface area (Å²) in [6, 6.07) is 3.80. The highest BCUT2D eigenvalue weighted by atomic mass is 32.2. The Balaban J connectivity index is 1.56. The molecule has 1 N–H and O–H groups in total. The molecule has 5 aliphatic heterocycles. The molecule has 2 spiro atoms. The number of hydrogen-bond acceptors (Lipinski definition) is 5. The van der Waals surface area contributed by atoms with E-state index in [2.05, 4.69) is 5.32 Å². The van der Waals surface area contributed by atoms with Crippen LogP contribution < -0.4 is 10.1 Å². The molecule has 1 aliphatic carbocycles. The van der Waals surface area contributed by atoms with Crippen molar-refractivity contribution in [2.75, 3.05) is 12.8 Å². The highest BCUT2D eigenvalue weighted by molar-refractivity contribution is 7.89. The van der Waals surface area contributed by atoms with Crippen LogP contribution >= 0.6 is 0 Å². The molecule has 0 radical (unpaired) electrons. The first-order chi connectivity index (χ1) is 16.7. The van der Waals surface area contributed by atoms with Gasteiger partial charge in [-0.2, -0.15) is 0 Å². The number of fused-ring (bicyclic) bond motifs is 6. The lowest BCUT2D eigenvalue weighted by Gasteiger charge is -2.64. The van der Waals surface area contributed by atoms with Gasteiger partial charge in [-0.1, -0.05) is 13.8 Å². The van der Waals surface area contributed by atoms with Crippen molar-refractivity contribution in [1.82, 2.24) is 14.2 Å². The zero-order valence-corrected chi connectivity index (χ0v) is 22.1. The third-order valence-corrected chi connectivity index (χ3v) is 10.5. The molecule has 2 aromatic rings. The van der Waals surface area contributed by atoms with Crippen LogP contribution in [0, 0.1) is 5.92 Å². The van der Waals surface area contributed by atoms with Gasteiger partial charge in [0, 0.05) is 40.9 Å². The van der Waals surface area contributed by atoms with Crippen LogP contribution in [-0.4, -0.2) is 58.6 Å². The number of nitrogens with zero attached hydrogens (tertiary/aromatic N) is 2. The molecule has 4 fully saturated rings. The average molecular weight is 510 g/mol. The first-order valence-electron chi connectivity index (χ1n) is 12.7. The predicted molar refractivity (Wildman–Crippen MR) is 135 cm³/mol. The maximum atomic E-state index is 14.1. The number of carbonyl (C=O) groups excluding carboxylic acids is 2. The van der Waals surface area contributed by atoms with Gasteiger partial charge in [0.25, 0.3) is 0 Å². The monoisotopic (exact) mass is 509 g/mol. The number of ether oxygens (including phenoxy) is 1. The maximum Gasteiger partial charge on any atom is 0.249 e. The van der Waals surface area contributed by atoms with Gasteiger partial charge < -0.3 is 15.0 Å². The van der Waals surface area contributed by atoms with Gasteiger partial charge in [-0.15, -0.1) is 0 Å². The molecule has 2 amide bonds. The number of carbonyl (C=O) groups is 2. The minimum Gasteiger partial charge on any atom is -0.483 e. The molecule has 1 aromatic carbocycles. The highest BCUT2D eigenvalue weighted by Crippen LogP contribution is 2.60. The quantitative estimate of drug-likeness (QED) is 0.638. The SMILES string of the molecule is CC1(C)C=Cc2c(ccc3c4c(n(S(C)(=O)=O)c23)C(C)(C)[C@@H]2C[C@]35CCCN3C(=O)[C@@]2(C4)NC5=O)O1. The first kappa shape index (κ1) is 22.4. The number of rotatable bonds is 1. The molecule has 0 unspecified atom stereocenters. The number of amides is 2. The average Bonchev–Trinajstić information content (AvgIpc) is 3.35. The largest absolute Gasteiger partial charge is 0.483 e. The first-order valence-corrected chi connectivity index (χ1v) is 14.5. The van der Waals surface area contributed by atoms with E-state index in [1.54, 1.807) is 0 Å². The van der Waals surface area contributed by atoms with Gasteiger partial charge >= 0.3 is 0 Å². The van der Waals surface area contributed by atoms with E-state index in [0.717, 1.165) is 28.6 Å². The molecular formula is C27H31N3O5S. The fraction of sp³-hybridized carbons (Fsp3) is 0.556. The van der Waals surface area contributed by atoms with E-state index < -0.39 is 32.1 Å². The molecule has 8 rings (SSSR count). The fourth-order valence-electron chi connectivity index (χ4n) is 8.06. The predicted octanol–water partition coefficient (Wildman–Crippen LogP) is 2.72. The number of aromatic nitrogens is 1. The summed E-state index contributed by atoms with van der Waals surface area (Å²) >= 11 is 0. The van der Waals surface area contributed by atoms with Crippen LogP contribution in [0.2, 0.25) is 0 Å².